The molecule has 0 aliphatic rings. The van der Waals surface area contributed by atoms with Gasteiger partial charge in [-0.05, 0) is 69.2 Å². The summed E-state index contributed by atoms with van der Waals surface area (Å²) in [5, 5.41) is 48.8. The number of ether oxygens (including phenoxy) is 2. The first-order valence-electron chi connectivity index (χ1n) is 17.7. The van der Waals surface area contributed by atoms with Crippen LogP contribution in [-0.2, 0) is 16.5 Å². The lowest BCUT2D eigenvalue weighted by Gasteiger charge is -2.07. The molecule has 0 unspecified atom stereocenters. The number of nitrogens with zero attached hydrogens (tertiary/aromatic N) is 19. The first-order chi connectivity index (χ1) is 30.1. The molecule has 0 atom stereocenters. The number of Topliss-reactive ketones (excluding diaryl/α,β-unsaturated/α-hetero) is 1. The first-order valence-corrected chi connectivity index (χ1v) is 20.1. The molecule has 0 saturated carbocycles. The lowest BCUT2D eigenvalue weighted by molar-refractivity contribution is -0.719. The Bertz CT molecular complexity index is 2730. The minimum atomic E-state index is -0.751. The summed E-state index contributed by atoms with van der Waals surface area (Å²) in [5.74, 6) is -2.76. The van der Waals surface area contributed by atoms with Crippen molar-refractivity contribution in [3.8, 4) is 17.8 Å². The third-order valence-corrected chi connectivity index (χ3v) is 11.2. The second kappa shape index (κ2) is 17.3. The van der Waals surface area contributed by atoms with Gasteiger partial charge in [-0.15, -0.1) is 25.1 Å². The Hall–Kier alpha value is -7.77. The maximum absolute atomic E-state index is 12.4. The van der Waals surface area contributed by atoms with Gasteiger partial charge in [0.1, 0.15) is 17.7 Å². The number of carbonyl (C=O) groups excluding carboxylic acids is 3. The summed E-state index contributed by atoms with van der Waals surface area (Å²) in [4.78, 5) is 51.0. The maximum Gasteiger partial charge on any atom is 0.365 e. The fraction of sp³-hybridized carbons (Fsp3) is 0.281. The Labute approximate surface area is 365 Å². The highest BCUT2D eigenvalue weighted by Crippen LogP contribution is 2.36. The second-order valence-electron chi connectivity index (χ2n) is 12.8. The number of nitrogens with two attached hydrogens (primary N) is 3. The molecular weight excluding hydrogens is 885 g/mol. The number of aromatic nitrogens is 13. The smallest absolute Gasteiger partial charge is 0.365 e. The van der Waals surface area contributed by atoms with Crippen molar-refractivity contribution in [3.63, 3.8) is 0 Å². The highest BCUT2D eigenvalue weighted by Gasteiger charge is 2.30. The zero-order valence-electron chi connectivity index (χ0n) is 34.1. The molecule has 0 aliphatic carbocycles. The lowest BCUT2D eigenvalue weighted by atomic mass is 10.2. The van der Waals surface area contributed by atoms with E-state index in [2.05, 4.69) is 74.2 Å². The van der Waals surface area contributed by atoms with Crippen LogP contribution in [0.1, 0.15) is 59.5 Å². The standard InChI is InChI=1S/C32H32N22O6S3/c1-10-16(15(56)9-55)25(61-47-10)44-41-24-23(35)54(50-51(24)6)32-37-30(52-21(33)19(13(4)45-52)39-42-26-17(28(57)59-7)11(2)48-62-26)36-31(38-32)53-22(34)20(14(5)46-53)40-43-27-18(29(58)60-8)12(3)49-63-27/h55H,9H2,1-8H3,(H5-,33,34,35,42,43,44,45,46,47,48,49,50,56,57,58)/p+1. The van der Waals surface area contributed by atoms with Gasteiger partial charge in [0.25, 0.3) is 17.7 Å². The van der Waals surface area contributed by atoms with Crippen molar-refractivity contribution in [2.75, 3.05) is 38.0 Å². The van der Waals surface area contributed by atoms with E-state index in [-0.39, 0.29) is 95.6 Å². The average Bonchev–Trinajstić information content (AvgIpc) is 4.11. The molecule has 7 N–H and O–H groups in total. The molecule has 0 amide bonds. The van der Waals surface area contributed by atoms with Crippen molar-refractivity contribution in [2.24, 2.45) is 37.7 Å². The van der Waals surface area contributed by atoms with Crippen LogP contribution in [0.4, 0.5) is 49.6 Å². The monoisotopic (exact) mass is 917 g/mol. The average molecular weight is 918 g/mol. The van der Waals surface area contributed by atoms with E-state index >= 15 is 0 Å². The number of methoxy groups -OCH3 is 2. The van der Waals surface area contributed by atoms with Crippen LogP contribution in [0.2, 0.25) is 0 Å². The van der Waals surface area contributed by atoms with Crippen molar-refractivity contribution in [3.05, 3.63) is 45.2 Å². The Morgan fingerprint density at radius 2 is 1.00 bits per heavy atom. The quantitative estimate of drug-likeness (QED) is 0.0551. The molecule has 7 rings (SSSR count). The van der Waals surface area contributed by atoms with Crippen LogP contribution in [0.25, 0.3) is 17.8 Å². The predicted octanol–water partition coefficient (Wildman–Crippen LogP) is 3.91. The minimum absolute atomic E-state index is 0.00973. The van der Waals surface area contributed by atoms with E-state index in [0.29, 0.717) is 17.1 Å². The summed E-state index contributed by atoms with van der Waals surface area (Å²) < 4.78 is 27.0. The molecule has 31 heteroatoms. The van der Waals surface area contributed by atoms with E-state index < -0.39 is 24.3 Å². The molecule has 0 radical (unpaired) electrons. The number of aliphatic hydroxyl groups excluding tert-OH is 1. The number of ketones is 1. The molecule has 7 heterocycles. The van der Waals surface area contributed by atoms with Crippen molar-refractivity contribution in [1.29, 1.82) is 0 Å². The molecule has 324 valence electrons. The molecule has 7 aromatic heterocycles. The SMILES string of the molecule is COC(=O)c1c(C)nsc1N=Nc1c(C)nn(-c2nc(-n3nc(C)c(N=Nc4snc(C)c4C(=O)OC)c3N)nc(-n3n[n+](C)c(N=Nc4snc(C)c4C(=O)CO)c3N)n2)c1N. The number of nitrogen functional groups attached to an aromatic ring is 3. The zero-order chi connectivity index (χ0) is 45.4. The van der Waals surface area contributed by atoms with E-state index in [1.54, 1.807) is 34.6 Å². The van der Waals surface area contributed by atoms with E-state index in [9.17, 15) is 19.5 Å². The number of carbonyl (C=O) groups is 3. The summed E-state index contributed by atoms with van der Waals surface area (Å²) in [5.41, 5.74) is 22.2. The number of hydrogen-bond donors (Lipinski definition) is 4. The summed E-state index contributed by atoms with van der Waals surface area (Å²) >= 11 is 2.78. The molecule has 0 bridgehead atoms. The third-order valence-electron chi connectivity index (χ3n) is 8.74. The van der Waals surface area contributed by atoms with Gasteiger partial charge >= 0.3 is 23.7 Å². The van der Waals surface area contributed by atoms with Crippen molar-refractivity contribution in [2.45, 2.75) is 34.6 Å². The highest BCUT2D eigenvalue weighted by atomic mass is 32.1. The first kappa shape index (κ1) is 43.3. The minimum Gasteiger partial charge on any atom is -0.465 e. The molecule has 0 saturated heterocycles. The van der Waals surface area contributed by atoms with E-state index in [0.717, 1.165) is 48.6 Å². The Morgan fingerprint density at radius 1 is 0.603 bits per heavy atom. The van der Waals surface area contributed by atoms with Gasteiger partial charge in [-0.25, -0.2) is 9.59 Å². The van der Waals surface area contributed by atoms with Crippen LogP contribution in [0.15, 0.2) is 30.7 Å². The lowest BCUT2D eigenvalue weighted by Crippen LogP contribution is -2.31. The maximum atomic E-state index is 12.4. The Morgan fingerprint density at radius 3 is 1.43 bits per heavy atom. The van der Waals surface area contributed by atoms with Crippen LogP contribution in [0.5, 0.6) is 0 Å². The van der Waals surface area contributed by atoms with Crippen LogP contribution in [0, 0.1) is 34.6 Å². The fourth-order valence-electron chi connectivity index (χ4n) is 5.64. The molecule has 0 fully saturated rings. The van der Waals surface area contributed by atoms with Crippen molar-refractivity contribution < 1.29 is 33.6 Å². The summed E-state index contributed by atoms with van der Waals surface area (Å²) in [7, 11) is 4.00. The molecule has 0 spiro atoms. The van der Waals surface area contributed by atoms with Crippen molar-refractivity contribution in [1.82, 2.24) is 57.5 Å². The second-order valence-corrected chi connectivity index (χ2v) is 15.1. The fourth-order valence-corrected chi connectivity index (χ4v) is 7.81. The van der Waals surface area contributed by atoms with Crippen LogP contribution < -0.4 is 21.9 Å². The van der Waals surface area contributed by atoms with Gasteiger partial charge in [0, 0.05) is 10.3 Å². The highest BCUT2D eigenvalue weighted by molar-refractivity contribution is 7.11. The van der Waals surface area contributed by atoms with Gasteiger partial charge in [-0.3, -0.25) is 4.79 Å². The molecular formula is C32H33N22O6S3+. The van der Waals surface area contributed by atoms with Gasteiger partial charge in [-0.2, -0.15) is 47.6 Å². The van der Waals surface area contributed by atoms with Gasteiger partial charge in [-0.1, -0.05) is 9.80 Å². The molecule has 0 aliphatic heterocycles. The molecule has 0 aromatic carbocycles. The van der Waals surface area contributed by atoms with Crippen molar-refractivity contribution >= 4 is 102 Å². The molecule has 28 nitrogen and oxygen atoms in total. The van der Waals surface area contributed by atoms with Gasteiger partial charge in [0.05, 0.1) is 55.3 Å². The van der Waals surface area contributed by atoms with Gasteiger partial charge in [0.15, 0.2) is 43.8 Å². The number of azo groups is 3. The number of aliphatic hydroxyl groups is 1. The van der Waals surface area contributed by atoms with Gasteiger partial charge in [0.2, 0.25) is 0 Å². The van der Waals surface area contributed by atoms with Crippen LogP contribution >= 0.6 is 34.6 Å². The van der Waals surface area contributed by atoms with E-state index in [4.69, 9.17) is 26.7 Å². The van der Waals surface area contributed by atoms with E-state index in [1.165, 1.54) is 25.9 Å². The summed E-state index contributed by atoms with van der Waals surface area (Å²) in [6.45, 7) is 7.34. The Kier molecular flexibility index (Phi) is 11.9. The molecule has 7 aromatic rings. The number of rotatable bonds is 13. The number of anilines is 3. The summed E-state index contributed by atoms with van der Waals surface area (Å²) in [6, 6.07) is 0. The Balaban J connectivity index is 1.36. The van der Waals surface area contributed by atoms with E-state index in [1.807, 2.05) is 0 Å². The van der Waals surface area contributed by atoms with Crippen LogP contribution in [0.3, 0.4) is 0 Å². The third kappa shape index (κ3) is 7.97. The predicted molar refractivity (Wildman–Crippen MR) is 222 cm³/mol. The number of esters is 2. The van der Waals surface area contributed by atoms with Gasteiger partial charge < -0.3 is 31.8 Å². The summed E-state index contributed by atoms with van der Waals surface area (Å²) in [6.07, 6.45) is 0. The van der Waals surface area contributed by atoms with Crippen LogP contribution in [-0.4, -0.2) is 101 Å². The molecule has 63 heavy (non-hydrogen) atoms. The zero-order valence-corrected chi connectivity index (χ0v) is 36.6. The largest absolute Gasteiger partial charge is 0.465 e. The number of hydrogen-bond acceptors (Lipinski definition) is 27. The normalized spacial score (nSPS) is 11.8. The number of aryl methyl sites for hydroxylation is 6. The topological polar surface area (TPSA) is 377 Å².